The number of hydrogen-bond donors (Lipinski definition) is 0. The number of thiocarbonyl (C=S) groups is 1. The molecule has 6 heteroatoms. The van der Waals surface area contributed by atoms with Crippen LogP contribution in [0.3, 0.4) is 0 Å². The Morgan fingerprint density at radius 3 is 2.58 bits per heavy atom. The molecule has 0 saturated carbocycles. The highest BCUT2D eigenvalue weighted by Gasteiger charge is 2.21. The van der Waals surface area contributed by atoms with Gasteiger partial charge in [-0.1, -0.05) is 64.3 Å². The van der Waals surface area contributed by atoms with Crippen molar-refractivity contribution >= 4 is 56.3 Å². The molecule has 0 bridgehead atoms. The van der Waals surface area contributed by atoms with Crippen LogP contribution in [0.4, 0.5) is 0 Å². The van der Waals surface area contributed by atoms with Crippen LogP contribution < -0.4 is 4.74 Å². The van der Waals surface area contributed by atoms with Crippen LogP contribution in [-0.2, 0) is 6.61 Å². The lowest BCUT2D eigenvalue weighted by Crippen LogP contribution is -2.37. The van der Waals surface area contributed by atoms with Crippen LogP contribution in [0, 0.1) is 5.92 Å². The predicted molar refractivity (Wildman–Crippen MR) is 117 cm³/mol. The average Bonchev–Trinajstić information content (AvgIpc) is 2.63. The fourth-order valence-electron chi connectivity index (χ4n) is 2.97. The zero-order valence-corrected chi connectivity index (χ0v) is 18.4. The molecule has 0 N–H and O–H groups in total. The first-order valence-electron chi connectivity index (χ1n) is 8.59. The fraction of sp³-hybridized carbons (Fsp3) is 0.350. The summed E-state index contributed by atoms with van der Waals surface area (Å²) in [7, 11) is 0. The zero-order chi connectivity index (χ0) is 18.7. The maximum atomic E-state index is 6.09. The van der Waals surface area contributed by atoms with Gasteiger partial charge in [-0.05, 0) is 54.7 Å². The number of rotatable bonds is 4. The minimum atomic E-state index is 0.408. The lowest BCUT2D eigenvalue weighted by molar-refractivity contribution is 0.281. The van der Waals surface area contributed by atoms with Crippen molar-refractivity contribution in [2.75, 3.05) is 13.1 Å². The van der Waals surface area contributed by atoms with E-state index in [9.17, 15) is 0 Å². The molecular formula is C20H20BrCl2NOS. The lowest BCUT2D eigenvalue weighted by Gasteiger charge is -2.33. The number of likely N-dealkylation sites (tertiary alicyclic amines) is 1. The van der Waals surface area contributed by atoms with Crippen LogP contribution in [0.2, 0.25) is 10.0 Å². The normalized spacial score (nSPS) is 15.2. The van der Waals surface area contributed by atoms with Gasteiger partial charge in [-0.25, -0.2) is 0 Å². The van der Waals surface area contributed by atoms with Gasteiger partial charge in [0.05, 0.1) is 15.6 Å². The number of piperidine rings is 1. The molecule has 0 unspecified atom stereocenters. The summed E-state index contributed by atoms with van der Waals surface area (Å²) in [6, 6.07) is 11.5. The van der Waals surface area contributed by atoms with Crippen LogP contribution in [-0.4, -0.2) is 23.0 Å². The first kappa shape index (κ1) is 19.9. The van der Waals surface area contributed by atoms with Gasteiger partial charge < -0.3 is 9.64 Å². The monoisotopic (exact) mass is 471 g/mol. The van der Waals surface area contributed by atoms with Crippen LogP contribution in [0.1, 0.15) is 30.9 Å². The summed E-state index contributed by atoms with van der Waals surface area (Å²) < 4.78 is 7.06. The number of ether oxygens (including phenoxy) is 1. The molecule has 0 aromatic heterocycles. The standard InChI is InChI=1S/C20H20BrCl2NOS/c1-13-6-8-24(9-7-13)20(26)16-11-15(21)3-5-19(16)25-12-14-2-4-17(22)18(23)10-14/h2-5,10-11,13H,6-9,12H2,1H3. The van der Waals surface area contributed by atoms with Gasteiger partial charge in [0.15, 0.2) is 0 Å². The third-order valence-electron chi connectivity index (χ3n) is 4.62. The van der Waals surface area contributed by atoms with Crippen LogP contribution in [0.15, 0.2) is 40.9 Å². The molecule has 1 aliphatic heterocycles. The van der Waals surface area contributed by atoms with E-state index in [0.29, 0.717) is 16.7 Å². The fourth-order valence-corrected chi connectivity index (χ4v) is 3.99. The van der Waals surface area contributed by atoms with Gasteiger partial charge in [0.1, 0.15) is 17.3 Å². The van der Waals surface area contributed by atoms with Crippen molar-refractivity contribution in [2.24, 2.45) is 5.92 Å². The van der Waals surface area contributed by atoms with Crippen LogP contribution in [0.25, 0.3) is 0 Å². The number of nitrogens with zero attached hydrogens (tertiary/aromatic N) is 1. The second kappa shape index (κ2) is 8.92. The van der Waals surface area contributed by atoms with Gasteiger partial charge in [-0.2, -0.15) is 0 Å². The average molecular weight is 473 g/mol. The van der Waals surface area contributed by atoms with Crippen molar-refractivity contribution in [3.8, 4) is 5.75 Å². The van der Waals surface area contributed by atoms with Crippen molar-refractivity contribution in [2.45, 2.75) is 26.4 Å². The number of hydrogen-bond acceptors (Lipinski definition) is 2. The van der Waals surface area contributed by atoms with E-state index in [1.54, 1.807) is 6.07 Å². The summed E-state index contributed by atoms with van der Waals surface area (Å²) in [5.41, 5.74) is 1.91. The highest BCUT2D eigenvalue weighted by molar-refractivity contribution is 9.10. The molecule has 2 aromatic rings. The molecule has 1 saturated heterocycles. The second-order valence-electron chi connectivity index (χ2n) is 6.65. The van der Waals surface area contributed by atoms with Gasteiger partial charge >= 0.3 is 0 Å². The number of halogens is 3. The van der Waals surface area contributed by atoms with Crippen LogP contribution >= 0.6 is 51.3 Å². The molecule has 138 valence electrons. The molecule has 2 aromatic carbocycles. The minimum Gasteiger partial charge on any atom is -0.488 e. The van der Waals surface area contributed by atoms with Crippen molar-refractivity contribution in [1.82, 2.24) is 4.90 Å². The molecule has 3 rings (SSSR count). The Hall–Kier alpha value is -0.810. The molecule has 2 nitrogen and oxygen atoms in total. The van der Waals surface area contributed by atoms with Crippen molar-refractivity contribution in [3.63, 3.8) is 0 Å². The Labute approximate surface area is 178 Å². The molecule has 1 fully saturated rings. The summed E-state index contributed by atoms with van der Waals surface area (Å²) in [6.45, 7) is 4.70. The third-order valence-corrected chi connectivity index (χ3v) is 6.33. The molecule has 0 aliphatic carbocycles. The molecule has 26 heavy (non-hydrogen) atoms. The van der Waals surface area contributed by atoms with E-state index in [0.717, 1.165) is 45.3 Å². The first-order valence-corrected chi connectivity index (χ1v) is 10.6. The van der Waals surface area contributed by atoms with E-state index in [2.05, 4.69) is 27.8 Å². The Balaban J connectivity index is 1.77. The molecule has 0 atom stereocenters. The van der Waals surface area contributed by atoms with E-state index in [-0.39, 0.29) is 0 Å². The first-order chi connectivity index (χ1) is 12.4. The van der Waals surface area contributed by atoms with Crippen molar-refractivity contribution in [1.29, 1.82) is 0 Å². The Bertz CT molecular complexity index is 806. The molecule has 1 aliphatic rings. The molecule has 0 spiro atoms. The van der Waals surface area contributed by atoms with E-state index < -0.39 is 0 Å². The maximum Gasteiger partial charge on any atom is 0.130 e. The highest BCUT2D eigenvalue weighted by atomic mass is 79.9. The van der Waals surface area contributed by atoms with E-state index >= 15 is 0 Å². The van der Waals surface area contributed by atoms with Crippen molar-refractivity contribution in [3.05, 3.63) is 62.0 Å². The quantitative estimate of drug-likeness (QED) is 0.457. The summed E-state index contributed by atoms with van der Waals surface area (Å²) in [5.74, 6) is 1.55. The smallest absolute Gasteiger partial charge is 0.130 e. The Morgan fingerprint density at radius 2 is 1.88 bits per heavy atom. The summed E-state index contributed by atoms with van der Waals surface area (Å²) in [4.78, 5) is 3.13. The van der Waals surface area contributed by atoms with Gasteiger partial charge in [0.2, 0.25) is 0 Å². The lowest BCUT2D eigenvalue weighted by atomic mass is 9.99. The molecule has 1 heterocycles. The Kier molecular flexibility index (Phi) is 6.84. The summed E-state index contributed by atoms with van der Waals surface area (Å²) in [5, 5.41) is 1.07. The second-order valence-corrected chi connectivity index (χ2v) is 8.77. The highest BCUT2D eigenvalue weighted by Crippen LogP contribution is 2.29. The van der Waals surface area contributed by atoms with Gasteiger partial charge in [-0.3, -0.25) is 0 Å². The largest absolute Gasteiger partial charge is 0.488 e. The Morgan fingerprint density at radius 1 is 1.15 bits per heavy atom. The number of benzene rings is 2. The molecule has 0 radical (unpaired) electrons. The third kappa shape index (κ3) is 4.92. The SMILES string of the molecule is CC1CCN(C(=S)c2cc(Br)ccc2OCc2ccc(Cl)c(Cl)c2)CC1. The van der Waals surface area contributed by atoms with E-state index in [1.807, 2.05) is 30.3 Å². The van der Waals surface area contributed by atoms with E-state index in [4.69, 9.17) is 40.2 Å². The molecule has 0 amide bonds. The zero-order valence-electron chi connectivity index (χ0n) is 14.5. The topological polar surface area (TPSA) is 12.5 Å². The molecular weight excluding hydrogens is 453 g/mol. The van der Waals surface area contributed by atoms with Crippen LogP contribution in [0.5, 0.6) is 5.75 Å². The maximum absolute atomic E-state index is 6.09. The van der Waals surface area contributed by atoms with E-state index in [1.165, 1.54) is 12.8 Å². The minimum absolute atomic E-state index is 0.408. The summed E-state index contributed by atoms with van der Waals surface area (Å²) >= 11 is 21.4. The van der Waals surface area contributed by atoms with Gasteiger partial charge in [0, 0.05) is 17.6 Å². The van der Waals surface area contributed by atoms with Gasteiger partial charge in [0.25, 0.3) is 0 Å². The summed E-state index contributed by atoms with van der Waals surface area (Å²) in [6.07, 6.45) is 2.35. The van der Waals surface area contributed by atoms with Crippen molar-refractivity contribution < 1.29 is 4.74 Å². The van der Waals surface area contributed by atoms with Gasteiger partial charge in [-0.15, -0.1) is 0 Å². The predicted octanol–water partition coefficient (Wildman–Crippen LogP) is 6.74.